The lowest BCUT2D eigenvalue weighted by atomic mass is 9.94. The fourth-order valence-corrected chi connectivity index (χ4v) is 4.20. The van der Waals surface area contributed by atoms with Crippen molar-refractivity contribution in [3.05, 3.63) is 71.4 Å². The molecule has 1 atom stereocenters. The minimum Gasteiger partial charge on any atom is -0.507 e. The van der Waals surface area contributed by atoms with Crippen molar-refractivity contribution in [1.29, 1.82) is 0 Å². The Bertz CT molecular complexity index is 1190. The number of hydrogen-bond donors (Lipinski definition) is 1. The molecular weight excluding hydrogens is 396 g/mol. The minimum atomic E-state index is -0.744. The monoisotopic (exact) mass is 420 g/mol. The van der Waals surface area contributed by atoms with Crippen molar-refractivity contribution >= 4 is 28.4 Å². The Kier molecular flexibility index (Phi) is 5.52. The first-order valence-electron chi connectivity index (χ1n) is 9.94. The number of aliphatic hydroxyl groups excluding tert-OH is 1. The van der Waals surface area contributed by atoms with Gasteiger partial charge in [-0.25, -0.2) is 0 Å². The normalized spacial score (nSPS) is 18.2. The van der Waals surface area contributed by atoms with Crippen LogP contribution in [0.15, 0.2) is 60.3 Å². The van der Waals surface area contributed by atoms with Crippen molar-refractivity contribution < 1.29 is 24.2 Å². The van der Waals surface area contributed by atoms with Gasteiger partial charge in [-0.2, -0.15) is 0 Å². The highest BCUT2D eigenvalue weighted by Crippen LogP contribution is 2.43. The first-order chi connectivity index (χ1) is 15.0. The molecule has 1 saturated heterocycles. The molecule has 7 nitrogen and oxygen atoms in total. The second-order valence-electron chi connectivity index (χ2n) is 7.40. The van der Waals surface area contributed by atoms with Crippen LogP contribution in [0.5, 0.6) is 5.75 Å². The average molecular weight is 420 g/mol. The van der Waals surface area contributed by atoms with Gasteiger partial charge in [0.15, 0.2) is 0 Å². The summed E-state index contributed by atoms with van der Waals surface area (Å²) in [6, 6.07) is 13.9. The van der Waals surface area contributed by atoms with Crippen LogP contribution in [0.1, 0.15) is 17.2 Å². The number of para-hydroxylation sites is 2. The second kappa shape index (κ2) is 8.28. The number of aliphatic hydroxyl groups is 1. The number of fused-ring (bicyclic) bond motifs is 1. The molecule has 2 heterocycles. The van der Waals surface area contributed by atoms with Crippen molar-refractivity contribution in [2.45, 2.75) is 6.04 Å². The second-order valence-corrected chi connectivity index (χ2v) is 7.40. The molecule has 1 aliphatic rings. The quantitative estimate of drug-likeness (QED) is 0.376. The number of Topliss-reactive ketones (excluding diaryl/α,β-unsaturated/α-hetero) is 1. The molecule has 1 fully saturated rings. The molecule has 1 unspecified atom stereocenters. The van der Waals surface area contributed by atoms with Crippen molar-refractivity contribution in [3.63, 3.8) is 0 Å². The van der Waals surface area contributed by atoms with Gasteiger partial charge in [0.2, 0.25) is 0 Å². The van der Waals surface area contributed by atoms with E-state index in [9.17, 15) is 14.7 Å². The number of likely N-dealkylation sites (tertiary alicyclic amines) is 1. The van der Waals surface area contributed by atoms with E-state index in [4.69, 9.17) is 9.47 Å². The molecule has 31 heavy (non-hydrogen) atoms. The maximum Gasteiger partial charge on any atom is 0.295 e. The molecule has 1 amide bonds. The number of aryl methyl sites for hydroxylation is 1. The molecule has 4 rings (SSSR count). The Morgan fingerprint density at radius 2 is 1.77 bits per heavy atom. The zero-order valence-corrected chi connectivity index (χ0v) is 17.7. The summed E-state index contributed by atoms with van der Waals surface area (Å²) in [5.41, 5.74) is 2.14. The number of hydrogen-bond acceptors (Lipinski definition) is 5. The number of carbonyl (C=O) groups excluding carboxylic acids is 2. The van der Waals surface area contributed by atoms with Crippen LogP contribution in [0, 0.1) is 0 Å². The van der Waals surface area contributed by atoms with E-state index < -0.39 is 17.7 Å². The Morgan fingerprint density at radius 1 is 1.06 bits per heavy atom. The Hall–Kier alpha value is -3.58. The van der Waals surface area contributed by atoms with E-state index in [1.54, 1.807) is 31.4 Å². The van der Waals surface area contributed by atoms with Crippen LogP contribution in [0.2, 0.25) is 0 Å². The maximum atomic E-state index is 13.1. The lowest BCUT2D eigenvalue weighted by Crippen LogP contribution is -2.32. The molecule has 0 aliphatic carbocycles. The van der Waals surface area contributed by atoms with E-state index in [1.807, 2.05) is 42.1 Å². The van der Waals surface area contributed by atoms with Crippen molar-refractivity contribution in [1.82, 2.24) is 9.47 Å². The fourth-order valence-electron chi connectivity index (χ4n) is 4.20. The van der Waals surface area contributed by atoms with Gasteiger partial charge in [0.05, 0.1) is 30.9 Å². The summed E-state index contributed by atoms with van der Waals surface area (Å²) in [5.74, 6) is -1.22. The largest absolute Gasteiger partial charge is 0.507 e. The number of nitrogens with zero attached hydrogens (tertiary/aromatic N) is 2. The van der Waals surface area contributed by atoms with E-state index in [2.05, 4.69) is 0 Å². The number of ether oxygens (including phenoxy) is 2. The molecule has 3 aromatic rings. The zero-order valence-electron chi connectivity index (χ0n) is 17.7. The number of methoxy groups -OCH3 is 2. The van der Waals surface area contributed by atoms with Crippen molar-refractivity contribution in [2.75, 3.05) is 27.4 Å². The van der Waals surface area contributed by atoms with Gasteiger partial charge in [-0.3, -0.25) is 9.59 Å². The van der Waals surface area contributed by atoms with Gasteiger partial charge in [0.1, 0.15) is 11.5 Å². The molecule has 1 aliphatic heterocycles. The van der Waals surface area contributed by atoms with Crippen molar-refractivity contribution in [3.8, 4) is 5.75 Å². The van der Waals surface area contributed by atoms with E-state index in [0.29, 0.717) is 11.3 Å². The summed E-state index contributed by atoms with van der Waals surface area (Å²) >= 11 is 0. The SMILES string of the molecule is COCCN1C(=O)C(=O)/C(=C(/O)c2ccccc2OC)C1c1cn(C)c2ccccc12. The molecule has 7 heteroatoms. The summed E-state index contributed by atoms with van der Waals surface area (Å²) < 4.78 is 12.5. The highest BCUT2D eigenvalue weighted by atomic mass is 16.5. The molecule has 1 aromatic heterocycles. The number of aromatic nitrogens is 1. The van der Waals surface area contributed by atoms with Gasteiger partial charge in [0, 0.05) is 43.4 Å². The Balaban J connectivity index is 1.98. The highest BCUT2D eigenvalue weighted by Gasteiger charge is 2.47. The predicted molar refractivity (Wildman–Crippen MR) is 117 cm³/mol. The van der Waals surface area contributed by atoms with E-state index in [0.717, 1.165) is 16.5 Å². The number of ketones is 1. The number of benzene rings is 2. The number of carbonyl (C=O) groups is 2. The van der Waals surface area contributed by atoms with E-state index in [1.165, 1.54) is 12.0 Å². The first-order valence-corrected chi connectivity index (χ1v) is 9.94. The lowest BCUT2D eigenvalue weighted by Gasteiger charge is -2.24. The van der Waals surface area contributed by atoms with E-state index >= 15 is 0 Å². The summed E-state index contributed by atoms with van der Waals surface area (Å²) in [7, 11) is 4.94. The lowest BCUT2D eigenvalue weighted by molar-refractivity contribution is -0.140. The topological polar surface area (TPSA) is 81.0 Å². The summed E-state index contributed by atoms with van der Waals surface area (Å²) in [4.78, 5) is 27.6. The van der Waals surface area contributed by atoms with Crippen LogP contribution >= 0.6 is 0 Å². The van der Waals surface area contributed by atoms with Crippen LogP contribution < -0.4 is 4.74 Å². The fraction of sp³-hybridized carbons (Fsp3) is 0.250. The third kappa shape index (κ3) is 3.37. The minimum absolute atomic E-state index is 0.0435. The van der Waals surface area contributed by atoms with Gasteiger partial charge in [-0.05, 0) is 18.2 Å². The van der Waals surface area contributed by atoms with Gasteiger partial charge in [0.25, 0.3) is 11.7 Å². The standard InChI is InChI=1S/C24H24N2O5/c1-25-14-17(15-8-4-6-10-18(15)25)21-20(23(28)24(29)26(21)12-13-30-2)22(27)16-9-5-7-11-19(16)31-3/h4-11,14,21,27H,12-13H2,1-3H3/b22-20+. The van der Waals surface area contributed by atoms with Gasteiger partial charge < -0.3 is 24.0 Å². The summed E-state index contributed by atoms with van der Waals surface area (Å²) in [6.07, 6.45) is 1.90. The highest BCUT2D eigenvalue weighted by molar-refractivity contribution is 6.46. The van der Waals surface area contributed by atoms with Crippen LogP contribution in [0.4, 0.5) is 0 Å². The Morgan fingerprint density at radius 3 is 2.52 bits per heavy atom. The van der Waals surface area contributed by atoms with Gasteiger partial charge >= 0.3 is 0 Å². The molecule has 0 bridgehead atoms. The van der Waals surface area contributed by atoms with E-state index in [-0.39, 0.29) is 24.5 Å². The van der Waals surface area contributed by atoms with Crippen LogP contribution in [0.3, 0.4) is 0 Å². The molecule has 160 valence electrons. The smallest absolute Gasteiger partial charge is 0.295 e. The van der Waals surface area contributed by atoms with Gasteiger partial charge in [-0.1, -0.05) is 30.3 Å². The van der Waals surface area contributed by atoms with Crippen LogP contribution in [-0.2, 0) is 21.4 Å². The number of amides is 1. The summed E-state index contributed by atoms with van der Waals surface area (Å²) in [6.45, 7) is 0.487. The zero-order chi connectivity index (χ0) is 22.1. The number of rotatable bonds is 6. The summed E-state index contributed by atoms with van der Waals surface area (Å²) in [5, 5.41) is 12.1. The Labute approximate surface area is 180 Å². The molecule has 0 spiro atoms. The van der Waals surface area contributed by atoms with Crippen molar-refractivity contribution in [2.24, 2.45) is 7.05 Å². The molecule has 0 radical (unpaired) electrons. The van der Waals surface area contributed by atoms with Crippen LogP contribution in [-0.4, -0.2) is 53.6 Å². The first kappa shape index (κ1) is 20.7. The predicted octanol–water partition coefficient (Wildman–Crippen LogP) is 3.26. The molecular formula is C24H24N2O5. The molecule has 1 N–H and O–H groups in total. The van der Waals surface area contributed by atoms with Gasteiger partial charge in [-0.15, -0.1) is 0 Å². The third-order valence-corrected chi connectivity index (χ3v) is 5.66. The third-order valence-electron chi connectivity index (χ3n) is 5.66. The molecule has 0 saturated carbocycles. The van der Waals surface area contributed by atoms with Crippen LogP contribution in [0.25, 0.3) is 16.7 Å². The average Bonchev–Trinajstić information content (AvgIpc) is 3.25. The maximum absolute atomic E-state index is 13.1. The molecule has 2 aromatic carbocycles.